The number of halogens is 5. The number of rotatable bonds is 3. The van der Waals surface area contributed by atoms with Gasteiger partial charge in [-0.2, -0.15) is 13.2 Å². The number of aryl methyl sites for hydroxylation is 1. The molecular weight excluding hydrogens is 417 g/mol. The number of benzene rings is 1. The van der Waals surface area contributed by atoms with Crippen LogP contribution in [0.2, 0.25) is 5.02 Å². The zero-order chi connectivity index (χ0) is 18.3. The van der Waals surface area contributed by atoms with Crippen LogP contribution in [0, 0.1) is 6.92 Å². The topological polar surface area (TPSA) is 65.8 Å². The number of aromatic nitrogens is 1. The third kappa shape index (κ3) is 6.62. The Balaban J connectivity index is 0.000000243. The first-order valence-electron chi connectivity index (χ1n) is 6.33. The Morgan fingerprint density at radius 2 is 2.00 bits per heavy atom. The molecular formula is C14H13BrClF3N2O3. The second-order valence-corrected chi connectivity index (χ2v) is 5.55. The lowest BCUT2D eigenvalue weighted by atomic mass is 10.1. The highest BCUT2D eigenvalue weighted by molar-refractivity contribution is 9.10. The molecule has 2 rings (SSSR count). The van der Waals surface area contributed by atoms with E-state index in [0.29, 0.717) is 20.4 Å². The quantitative estimate of drug-likeness (QED) is 0.424. The van der Waals surface area contributed by atoms with Crippen molar-refractivity contribution < 1.29 is 28.3 Å². The summed E-state index contributed by atoms with van der Waals surface area (Å²) in [6, 6.07) is 6.65. The number of aliphatic hydroxyl groups excluding tert-OH is 1. The van der Waals surface area contributed by atoms with Gasteiger partial charge >= 0.3 is 6.18 Å². The first-order valence-corrected chi connectivity index (χ1v) is 7.50. The Morgan fingerprint density at radius 3 is 2.50 bits per heavy atom. The van der Waals surface area contributed by atoms with E-state index in [4.69, 9.17) is 21.9 Å². The van der Waals surface area contributed by atoms with Gasteiger partial charge in [0.25, 0.3) is 0 Å². The summed E-state index contributed by atoms with van der Waals surface area (Å²) in [6.07, 6.45) is -2.81. The van der Waals surface area contributed by atoms with E-state index in [2.05, 4.69) is 25.8 Å². The van der Waals surface area contributed by atoms with Gasteiger partial charge in [0.15, 0.2) is 6.79 Å². The summed E-state index contributed by atoms with van der Waals surface area (Å²) in [5.74, 6) is 0. The van der Waals surface area contributed by atoms with Crippen molar-refractivity contribution in [3.8, 4) is 0 Å². The van der Waals surface area contributed by atoms with Gasteiger partial charge in [-0.1, -0.05) is 35.4 Å². The fourth-order valence-electron chi connectivity index (χ4n) is 1.49. The Labute approximate surface area is 149 Å². The molecule has 0 bridgehead atoms. The van der Waals surface area contributed by atoms with Crippen molar-refractivity contribution in [2.24, 2.45) is 0 Å². The number of hydrogen-bond acceptors (Lipinski definition) is 5. The van der Waals surface area contributed by atoms with E-state index in [-0.39, 0.29) is 5.69 Å². The molecule has 0 saturated carbocycles. The van der Waals surface area contributed by atoms with E-state index in [1.807, 2.05) is 0 Å². The minimum absolute atomic E-state index is 0.210. The molecule has 2 aromatic rings. The Bertz CT molecular complexity index is 674. The zero-order valence-corrected chi connectivity index (χ0v) is 14.6. The summed E-state index contributed by atoms with van der Waals surface area (Å²) in [5, 5.41) is 18.2. The molecule has 132 valence electrons. The molecule has 0 aliphatic carbocycles. The molecule has 1 heterocycles. The summed E-state index contributed by atoms with van der Waals surface area (Å²) < 4.78 is 36.3. The molecule has 0 fully saturated rings. The van der Waals surface area contributed by atoms with E-state index in [9.17, 15) is 13.2 Å². The van der Waals surface area contributed by atoms with Crippen LogP contribution < -0.4 is 5.23 Å². The Kier molecular flexibility index (Phi) is 7.91. The highest BCUT2D eigenvalue weighted by Gasteiger charge is 2.29. The number of pyridine rings is 1. The van der Waals surface area contributed by atoms with E-state index in [0.717, 1.165) is 12.1 Å². The predicted octanol–water partition coefficient (Wildman–Crippen LogP) is 4.59. The number of anilines is 1. The van der Waals surface area contributed by atoms with Crippen LogP contribution in [0.25, 0.3) is 0 Å². The molecule has 0 amide bonds. The SMILES string of the molecule is Cc1cccc(C(F)(F)F)c1.OCON(O)c1cc(Cl)cnc1Br. The minimum Gasteiger partial charge on any atom is -0.368 e. The van der Waals surface area contributed by atoms with Crippen LogP contribution in [0.4, 0.5) is 18.9 Å². The van der Waals surface area contributed by atoms with Gasteiger partial charge in [0.05, 0.1) is 10.6 Å². The summed E-state index contributed by atoms with van der Waals surface area (Å²) in [7, 11) is 0. The minimum atomic E-state index is -4.22. The van der Waals surface area contributed by atoms with Crippen molar-refractivity contribution in [2.75, 3.05) is 12.0 Å². The number of aliphatic hydroxyl groups is 1. The molecule has 1 aromatic carbocycles. The third-order valence-corrected chi connectivity index (χ3v) is 3.34. The van der Waals surface area contributed by atoms with Crippen LogP contribution in [0.3, 0.4) is 0 Å². The van der Waals surface area contributed by atoms with Crippen LogP contribution in [0.5, 0.6) is 0 Å². The molecule has 2 N–H and O–H groups in total. The first-order chi connectivity index (χ1) is 11.1. The molecule has 5 nitrogen and oxygen atoms in total. The second kappa shape index (κ2) is 9.19. The fraction of sp³-hybridized carbons (Fsp3) is 0.214. The number of alkyl halides is 3. The van der Waals surface area contributed by atoms with Crippen LogP contribution >= 0.6 is 27.5 Å². The molecule has 0 aliphatic heterocycles. The third-order valence-electron chi connectivity index (χ3n) is 2.52. The van der Waals surface area contributed by atoms with Gasteiger partial charge in [0, 0.05) is 6.20 Å². The zero-order valence-electron chi connectivity index (χ0n) is 12.3. The normalized spacial score (nSPS) is 10.8. The molecule has 0 saturated heterocycles. The maximum Gasteiger partial charge on any atom is 0.416 e. The van der Waals surface area contributed by atoms with Crippen molar-refractivity contribution in [1.82, 2.24) is 4.98 Å². The average molecular weight is 430 g/mol. The molecule has 0 atom stereocenters. The summed E-state index contributed by atoms with van der Waals surface area (Å²) >= 11 is 8.69. The van der Waals surface area contributed by atoms with Gasteiger partial charge in [0.2, 0.25) is 0 Å². The largest absolute Gasteiger partial charge is 0.416 e. The molecule has 0 spiro atoms. The lowest BCUT2D eigenvalue weighted by molar-refractivity contribution is -0.137. The highest BCUT2D eigenvalue weighted by atomic mass is 79.9. The van der Waals surface area contributed by atoms with Crippen molar-refractivity contribution in [1.29, 1.82) is 0 Å². The molecule has 0 radical (unpaired) electrons. The van der Waals surface area contributed by atoms with E-state index >= 15 is 0 Å². The lowest BCUT2D eigenvalue weighted by Crippen LogP contribution is -2.19. The standard InChI is InChI=1S/C8H7F3.C6H6BrClN2O3/c1-6-3-2-4-7(5-6)8(9,10)11;7-6-5(10(12)13-3-11)1-4(8)2-9-6/h2-5H,1H3;1-2,11-12H,3H2. The maximum absolute atomic E-state index is 12.0. The van der Waals surface area contributed by atoms with E-state index < -0.39 is 18.5 Å². The molecule has 24 heavy (non-hydrogen) atoms. The Hall–Kier alpha value is -1.39. The average Bonchev–Trinajstić information content (AvgIpc) is 2.50. The summed E-state index contributed by atoms with van der Waals surface area (Å²) in [5.41, 5.74) is 0.249. The monoisotopic (exact) mass is 428 g/mol. The smallest absolute Gasteiger partial charge is 0.368 e. The lowest BCUT2D eigenvalue weighted by Gasteiger charge is -2.14. The van der Waals surface area contributed by atoms with Gasteiger partial charge in [-0.25, -0.2) is 9.82 Å². The predicted molar refractivity (Wildman–Crippen MR) is 85.6 cm³/mol. The van der Waals surface area contributed by atoms with Gasteiger partial charge < -0.3 is 5.11 Å². The molecule has 10 heteroatoms. The van der Waals surface area contributed by atoms with E-state index in [1.165, 1.54) is 18.3 Å². The first kappa shape index (κ1) is 20.7. The highest BCUT2D eigenvalue weighted by Crippen LogP contribution is 2.29. The van der Waals surface area contributed by atoms with E-state index in [1.54, 1.807) is 13.0 Å². The van der Waals surface area contributed by atoms with Crippen LogP contribution in [0.1, 0.15) is 11.1 Å². The van der Waals surface area contributed by atoms with Gasteiger partial charge in [-0.05, 0) is 35.0 Å². The second-order valence-electron chi connectivity index (χ2n) is 4.36. The van der Waals surface area contributed by atoms with Crippen molar-refractivity contribution in [3.05, 3.63) is 57.3 Å². The summed E-state index contributed by atoms with van der Waals surface area (Å²) in [4.78, 5) is 8.18. The van der Waals surface area contributed by atoms with Crippen molar-refractivity contribution >= 4 is 33.2 Å². The molecule has 0 aliphatic rings. The Morgan fingerprint density at radius 1 is 1.33 bits per heavy atom. The molecule has 1 aromatic heterocycles. The fourth-order valence-corrected chi connectivity index (χ4v) is 2.01. The maximum atomic E-state index is 12.0. The van der Waals surface area contributed by atoms with Crippen molar-refractivity contribution in [3.63, 3.8) is 0 Å². The van der Waals surface area contributed by atoms with Gasteiger partial charge in [-0.3, -0.25) is 5.21 Å². The number of nitrogens with zero attached hydrogens (tertiary/aromatic N) is 2. The van der Waals surface area contributed by atoms with Crippen LogP contribution in [-0.4, -0.2) is 22.1 Å². The van der Waals surface area contributed by atoms with Crippen molar-refractivity contribution in [2.45, 2.75) is 13.1 Å². The van der Waals surface area contributed by atoms with Gasteiger partial charge in [0.1, 0.15) is 10.3 Å². The number of hydrogen-bond donors (Lipinski definition) is 2. The van der Waals surface area contributed by atoms with Crippen LogP contribution in [-0.2, 0) is 11.0 Å². The van der Waals surface area contributed by atoms with Crippen LogP contribution in [0.15, 0.2) is 41.1 Å². The van der Waals surface area contributed by atoms with Gasteiger partial charge in [-0.15, -0.1) is 5.23 Å². The molecule has 0 unspecified atom stereocenters. The summed E-state index contributed by atoms with van der Waals surface area (Å²) in [6.45, 7) is 0.991.